The number of anilines is 1. The Hall–Kier alpha value is -3.51. The Morgan fingerprint density at radius 1 is 0.838 bits per heavy atom. The average Bonchev–Trinajstić information content (AvgIpc) is 2.96. The highest BCUT2D eigenvalue weighted by Gasteiger charge is 2.19. The standard InChI is InChI=1S/C31H39N3O3/c1-36-27-13-10-12-25(23-27)28-14-6-5-11-26(28)24-32-31(35)17-4-3-9-18-33-19-21-34(22-20-33)29-15-7-8-16-30(29)37-2/h5-8,10-16,23H,3-4,9,17-22,24H2,1-2H3,(H,32,35). The highest BCUT2D eigenvalue weighted by atomic mass is 16.5. The van der Waals surface area contributed by atoms with Gasteiger partial charge >= 0.3 is 0 Å². The summed E-state index contributed by atoms with van der Waals surface area (Å²) in [5.41, 5.74) is 4.50. The Labute approximate surface area is 221 Å². The lowest BCUT2D eigenvalue weighted by atomic mass is 9.99. The van der Waals surface area contributed by atoms with Crippen molar-refractivity contribution >= 4 is 11.6 Å². The summed E-state index contributed by atoms with van der Waals surface area (Å²) in [4.78, 5) is 17.4. The van der Waals surface area contributed by atoms with Gasteiger partial charge in [-0.25, -0.2) is 0 Å². The monoisotopic (exact) mass is 501 g/mol. The average molecular weight is 502 g/mol. The van der Waals surface area contributed by atoms with E-state index >= 15 is 0 Å². The third-order valence-corrected chi connectivity index (χ3v) is 7.05. The molecule has 0 spiro atoms. The quantitative estimate of drug-likeness (QED) is 0.338. The number of carbonyl (C=O) groups excluding carboxylic acids is 1. The molecular formula is C31H39N3O3. The van der Waals surface area contributed by atoms with E-state index < -0.39 is 0 Å². The molecule has 196 valence electrons. The summed E-state index contributed by atoms with van der Waals surface area (Å²) in [5.74, 6) is 1.89. The van der Waals surface area contributed by atoms with E-state index in [1.807, 2.05) is 42.5 Å². The molecule has 0 aliphatic carbocycles. The number of carbonyl (C=O) groups is 1. The van der Waals surface area contributed by atoms with E-state index in [9.17, 15) is 4.79 Å². The van der Waals surface area contributed by atoms with Gasteiger partial charge in [0.15, 0.2) is 0 Å². The van der Waals surface area contributed by atoms with E-state index in [2.05, 4.69) is 45.4 Å². The Bertz CT molecular complexity index is 1140. The first-order chi connectivity index (χ1) is 18.2. The molecule has 1 saturated heterocycles. The van der Waals surface area contributed by atoms with Crippen LogP contribution >= 0.6 is 0 Å². The molecule has 3 aromatic carbocycles. The van der Waals surface area contributed by atoms with Crippen LogP contribution in [0.15, 0.2) is 72.8 Å². The van der Waals surface area contributed by atoms with Gasteiger partial charge in [0, 0.05) is 39.1 Å². The van der Waals surface area contributed by atoms with Gasteiger partial charge in [-0.2, -0.15) is 0 Å². The maximum atomic E-state index is 12.5. The van der Waals surface area contributed by atoms with Crippen molar-refractivity contribution in [2.24, 2.45) is 0 Å². The van der Waals surface area contributed by atoms with Gasteiger partial charge in [0.25, 0.3) is 0 Å². The van der Waals surface area contributed by atoms with Crippen LogP contribution in [-0.4, -0.2) is 57.8 Å². The van der Waals surface area contributed by atoms with Gasteiger partial charge in [-0.3, -0.25) is 9.69 Å². The fourth-order valence-corrected chi connectivity index (χ4v) is 4.93. The minimum Gasteiger partial charge on any atom is -0.497 e. The number of ether oxygens (including phenoxy) is 2. The largest absolute Gasteiger partial charge is 0.497 e. The van der Waals surface area contributed by atoms with Crippen molar-refractivity contribution in [2.45, 2.75) is 32.2 Å². The summed E-state index contributed by atoms with van der Waals surface area (Å²) in [6, 6.07) is 24.5. The van der Waals surface area contributed by atoms with Crippen LogP contribution in [0.25, 0.3) is 11.1 Å². The molecule has 3 aromatic rings. The smallest absolute Gasteiger partial charge is 0.220 e. The number of nitrogens with zero attached hydrogens (tertiary/aromatic N) is 2. The lowest BCUT2D eigenvalue weighted by Gasteiger charge is -2.36. The normalized spacial score (nSPS) is 13.8. The number of hydrogen-bond acceptors (Lipinski definition) is 5. The van der Waals surface area contributed by atoms with Gasteiger partial charge in [-0.1, -0.05) is 55.0 Å². The SMILES string of the molecule is COc1cccc(-c2ccccc2CNC(=O)CCCCCN2CCN(c3ccccc3OC)CC2)c1. The van der Waals surface area contributed by atoms with Crippen molar-refractivity contribution in [2.75, 3.05) is 51.8 Å². The zero-order valence-electron chi connectivity index (χ0n) is 22.1. The van der Waals surface area contributed by atoms with Crippen molar-refractivity contribution < 1.29 is 14.3 Å². The van der Waals surface area contributed by atoms with Crippen LogP contribution in [0.1, 0.15) is 31.2 Å². The Kier molecular flexibility index (Phi) is 9.83. The molecule has 0 bridgehead atoms. The van der Waals surface area contributed by atoms with Crippen LogP contribution in [-0.2, 0) is 11.3 Å². The summed E-state index contributed by atoms with van der Waals surface area (Å²) < 4.78 is 10.9. The molecule has 0 aromatic heterocycles. The van der Waals surface area contributed by atoms with E-state index in [-0.39, 0.29) is 5.91 Å². The first-order valence-electron chi connectivity index (χ1n) is 13.3. The number of hydrogen-bond donors (Lipinski definition) is 1. The summed E-state index contributed by atoms with van der Waals surface area (Å²) in [6.07, 6.45) is 3.69. The number of amides is 1. The number of rotatable bonds is 12. The summed E-state index contributed by atoms with van der Waals surface area (Å²) >= 11 is 0. The maximum Gasteiger partial charge on any atom is 0.220 e. The maximum absolute atomic E-state index is 12.5. The zero-order valence-corrected chi connectivity index (χ0v) is 22.1. The van der Waals surface area contributed by atoms with Crippen molar-refractivity contribution in [3.8, 4) is 22.6 Å². The van der Waals surface area contributed by atoms with Gasteiger partial charge < -0.3 is 19.7 Å². The molecule has 1 N–H and O–H groups in total. The molecule has 4 rings (SSSR count). The number of nitrogens with one attached hydrogen (secondary N) is 1. The third kappa shape index (κ3) is 7.49. The molecule has 1 aliphatic heterocycles. The van der Waals surface area contributed by atoms with Crippen LogP contribution in [0.4, 0.5) is 5.69 Å². The minimum atomic E-state index is 0.117. The van der Waals surface area contributed by atoms with Gasteiger partial charge in [0.1, 0.15) is 11.5 Å². The Morgan fingerprint density at radius 2 is 1.62 bits per heavy atom. The molecule has 0 radical (unpaired) electrons. The summed E-state index contributed by atoms with van der Waals surface area (Å²) in [5, 5.41) is 3.11. The van der Waals surface area contributed by atoms with Crippen LogP contribution < -0.4 is 19.7 Å². The van der Waals surface area contributed by atoms with Crippen LogP contribution in [0.5, 0.6) is 11.5 Å². The van der Waals surface area contributed by atoms with Crippen LogP contribution in [0, 0.1) is 0 Å². The molecule has 0 atom stereocenters. The molecule has 6 heteroatoms. The molecular weight excluding hydrogens is 462 g/mol. The molecule has 1 amide bonds. The second-order valence-electron chi connectivity index (χ2n) is 9.48. The van der Waals surface area contributed by atoms with Gasteiger partial charge in [-0.15, -0.1) is 0 Å². The van der Waals surface area contributed by atoms with E-state index in [4.69, 9.17) is 9.47 Å². The Morgan fingerprint density at radius 3 is 2.43 bits per heavy atom. The molecule has 1 fully saturated rings. The number of para-hydroxylation sites is 2. The van der Waals surface area contributed by atoms with Gasteiger partial charge in [0.2, 0.25) is 5.91 Å². The number of methoxy groups -OCH3 is 2. The first-order valence-corrected chi connectivity index (χ1v) is 13.3. The molecule has 1 aliphatic rings. The van der Waals surface area contributed by atoms with E-state index in [0.717, 1.165) is 80.2 Å². The zero-order chi connectivity index (χ0) is 25.9. The van der Waals surface area contributed by atoms with Gasteiger partial charge in [-0.05, 0) is 60.3 Å². The fraction of sp³-hybridized carbons (Fsp3) is 0.387. The van der Waals surface area contributed by atoms with Crippen molar-refractivity contribution in [3.63, 3.8) is 0 Å². The van der Waals surface area contributed by atoms with Gasteiger partial charge in [0.05, 0.1) is 19.9 Å². The van der Waals surface area contributed by atoms with E-state index in [1.165, 1.54) is 5.69 Å². The summed E-state index contributed by atoms with van der Waals surface area (Å²) in [7, 11) is 3.41. The fourth-order valence-electron chi connectivity index (χ4n) is 4.93. The third-order valence-electron chi connectivity index (χ3n) is 7.05. The predicted octanol–water partition coefficient (Wildman–Crippen LogP) is 5.37. The second-order valence-corrected chi connectivity index (χ2v) is 9.48. The first kappa shape index (κ1) is 26.6. The lowest BCUT2D eigenvalue weighted by Crippen LogP contribution is -2.46. The molecule has 0 saturated carbocycles. The summed E-state index contributed by atoms with van der Waals surface area (Å²) in [6.45, 7) is 5.77. The van der Waals surface area contributed by atoms with Crippen molar-refractivity contribution in [1.82, 2.24) is 10.2 Å². The second kappa shape index (κ2) is 13.7. The van der Waals surface area contributed by atoms with E-state index in [0.29, 0.717) is 13.0 Å². The molecule has 37 heavy (non-hydrogen) atoms. The molecule has 0 unspecified atom stereocenters. The molecule has 1 heterocycles. The predicted molar refractivity (Wildman–Crippen MR) is 150 cm³/mol. The number of piperazine rings is 1. The molecule has 6 nitrogen and oxygen atoms in total. The minimum absolute atomic E-state index is 0.117. The number of benzene rings is 3. The van der Waals surface area contributed by atoms with E-state index in [1.54, 1.807) is 14.2 Å². The van der Waals surface area contributed by atoms with Crippen molar-refractivity contribution in [1.29, 1.82) is 0 Å². The highest BCUT2D eigenvalue weighted by Crippen LogP contribution is 2.29. The Balaban J connectivity index is 1.14. The van der Waals surface area contributed by atoms with Crippen molar-refractivity contribution in [3.05, 3.63) is 78.4 Å². The topological polar surface area (TPSA) is 54.0 Å². The lowest BCUT2D eigenvalue weighted by molar-refractivity contribution is -0.121. The van der Waals surface area contributed by atoms with Crippen LogP contribution in [0.2, 0.25) is 0 Å². The number of unbranched alkanes of at least 4 members (excludes halogenated alkanes) is 2. The highest BCUT2D eigenvalue weighted by molar-refractivity contribution is 5.76. The van der Waals surface area contributed by atoms with Crippen LogP contribution in [0.3, 0.4) is 0 Å².